The summed E-state index contributed by atoms with van der Waals surface area (Å²) in [7, 11) is 0. The molecule has 0 bridgehead atoms. The van der Waals surface area contributed by atoms with Crippen LogP contribution in [0.1, 0.15) is 22.3 Å². The molecule has 0 fully saturated rings. The third-order valence-corrected chi connectivity index (χ3v) is 13.7. The quantitative estimate of drug-likeness (QED) is 0.159. The highest BCUT2D eigenvalue weighted by Crippen LogP contribution is 2.57. The Bertz CT molecular complexity index is 3700. The molecule has 2 heteroatoms. The van der Waals surface area contributed by atoms with Crippen molar-refractivity contribution in [3.63, 3.8) is 0 Å². The molecule has 304 valence electrons. The Labute approximate surface area is 377 Å². The van der Waals surface area contributed by atoms with Crippen molar-refractivity contribution >= 4 is 60.5 Å². The predicted octanol–water partition coefficient (Wildman–Crippen LogP) is 17.1. The van der Waals surface area contributed by atoms with E-state index in [2.05, 4.69) is 254 Å². The van der Waals surface area contributed by atoms with E-state index in [1.54, 1.807) is 0 Å². The molecule has 11 aromatic carbocycles. The molecule has 0 saturated heterocycles. The molecular weight excluding hydrogens is 787 g/mol. The van der Waals surface area contributed by atoms with Crippen molar-refractivity contribution in [1.29, 1.82) is 0 Å². The van der Waals surface area contributed by atoms with Crippen molar-refractivity contribution in [2.75, 3.05) is 4.90 Å². The van der Waals surface area contributed by atoms with Crippen molar-refractivity contribution in [3.05, 3.63) is 271 Å². The van der Waals surface area contributed by atoms with Gasteiger partial charge in [-0.25, -0.2) is 0 Å². The molecule has 0 radical (unpaired) electrons. The topological polar surface area (TPSA) is 16.4 Å². The normalized spacial score (nSPS) is 12.7. The van der Waals surface area contributed by atoms with Crippen LogP contribution in [0.25, 0.3) is 76.9 Å². The highest BCUT2D eigenvalue weighted by molar-refractivity contribution is 6.24. The van der Waals surface area contributed by atoms with Gasteiger partial charge in [-0.2, -0.15) is 0 Å². The van der Waals surface area contributed by atoms with Crippen molar-refractivity contribution in [1.82, 2.24) is 0 Å². The maximum Gasteiger partial charge on any atom is 0.143 e. The van der Waals surface area contributed by atoms with E-state index < -0.39 is 5.41 Å². The van der Waals surface area contributed by atoms with Crippen LogP contribution < -0.4 is 4.90 Å². The molecule has 65 heavy (non-hydrogen) atoms. The zero-order chi connectivity index (χ0) is 42.9. The molecule has 0 amide bonds. The average molecular weight is 828 g/mol. The predicted molar refractivity (Wildman–Crippen MR) is 272 cm³/mol. The Hall–Kier alpha value is -8.46. The molecular formula is C63H41NO. The highest BCUT2D eigenvalue weighted by atomic mass is 16.3. The highest BCUT2D eigenvalue weighted by Gasteiger charge is 2.46. The van der Waals surface area contributed by atoms with Crippen LogP contribution in [0.4, 0.5) is 17.1 Å². The molecule has 2 nitrogen and oxygen atoms in total. The van der Waals surface area contributed by atoms with Crippen LogP contribution in [0, 0.1) is 0 Å². The Kier molecular flexibility index (Phi) is 8.47. The van der Waals surface area contributed by atoms with Crippen LogP contribution in [0.5, 0.6) is 0 Å². The SMILES string of the molecule is c1ccc(-c2ccc(N(c3ccc(-c4ccc5cccc6c7cccc8cccc(oc4c56)c87)cc3)c3ccc4c(c3)C(c3ccccc3)(c3ccccc3)c3ccccc3-4)cc2)cc1. The Morgan fingerprint density at radius 3 is 1.51 bits per heavy atom. The first-order valence-electron chi connectivity index (χ1n) is 22.4. The second kappa shape index (κ2) is 14.8. The van der Waals surface area contributed by atoms with Crippen molar-refractivity contribution in [3.8, 4) is 33.4 Å². The number of rotatable bonds is 7. The van der Waals surface area contributed by atoms with Gasteiger partial charge in [0.15, 0.2) is 0 Å². The summed E-state index contributed by atoms with van der Waals surface area (Å²) in [6, 6.07) is 90.7. The van der Waals surface area contributed by atoms with E-state index in [9.17, 15) is 0 Å². The van der Waals surface area contributed by atoms with Crippen LogP contribution in [-0.4, -0.2) is 0 Å². The minimum atomic E-state index is -0.518. The van der Waals surface area contributed by atoms with Crippen molar-refractivity contribution in [2.45, 2.75) is 5.41 Å². The third-order valence-electron chi connectivity index (χ3n) is 13.7. The van der Waals surface area contributed by atoms with Gasteiger partial charge in [0.25, 0.3) is 0 Å². The molecule has 0 unspecified atom stereocenters. The first-order valence-corrected chi connectivity index (χ1v) is 22.4. The molecule has 12 aromatic rings. The molecule has 0 atom stereocenters. The van der Waals surface area contributed by atoms with Crippen LogP contribution in [0.3, 0.4) is 0 Å². The van der Waals surface area contributed by atoms with Gasteiger partial charge in [0, 0.05) is 33.4 Å². The molecule has 1 aliphatic carbocycles. The third kappa shape index (κ3) is 5.74. The number of fused-ring (bicyclic) bond motifs is 4. The van der Waals surface area contributed by atoms with Gasteiger partial charge < -0.3 is 9.32 Å². The minimum Gasteiger partial charge on any atom is -0.455 e. The summed E-state index contributed by atoms with van der Waals surface area (Å²) >= 11 is 0. The summed E-state index contributed by atoms with van der Waals surface area (Å²) in [5.41, 5.74) is 16.6. The number of anilines is 3. The van der Waals surface area contributed by atoms with Gasteiger partial charge in [-0.05, 0) is 120 Å². The minimum absolute atomic E-state index is 0.518. The largest absolute Gasteiger partial charge is 0.455 e. The van der Waals surface area contributed by atoms with Gasteiger partial charge in [-0.1, -0.05) is 200 Å². The summed E-state index contributed by atoms with van der Waals surface area (Å²) in [6.07, 6.45) is 0. The number of nitrogens with zero attached hydrogens (tertiary/aromatic N) is 1. The zero-order valence-electron chi connectivity index (χ0n) is 35.5. The van der Waals surface area contributed by atoms with E-state index in [1.807, 2.05) is 0 Å². The van der Waals surface area contributed by atoms with E-state index in [1.165, 1.54) is 60.7 Å². The number of hydrogen-bond donors (Lipinski definition) is 0. The van der Waals surface area contributed by atoms with Crippen LogP contribution >= 0.6 is 0 Å². The molecule has 0 spiro atoms. The summed E-state index contributed by atoms with van der Waals surface area (Å²) in [6.45, 7) is 0. The van der Waals surface area contributed by atoms with Crippen LogP contribution in [0.15, 0.2) is 253 Å². The van der Waals surface area contributed by atoms with Gasteiger partial charge in [-0.15, -0.1) is 0 Å². The standard InChI is InChI=1S/C63H41NO/c1-4-15-42(16-5-1)43-29-34-49(35-30-43)64(51-38-40-54-53-24-10-11-27-57(53)63(58(54)41-51,47-20-6-2-7-21-47)48-22-8-3-9-23-48)50-36-31-44(32-37-50)52-39-33-46-18-13-26-56-55-25-12-17-45-19-14-28-59(60(45)55)65-62(52)61(46)56/h1-41H. The zero-order valence-corrected chi connectivity index (χ0v) is 35.5. The summed E-state index contributed by atoms with van der Waals surface area (Å²) in [5.74, 6) is 0. The molecule has 13 rings (SSSR count). The fourth-order valence-electron chi connectivity index (χ4n) is 10.9. The Morgan fingerprint density at radius 2 is 0.831 bits per heavy atom. The first-order chi connectivity index (χ1) is 32.2. The molecule has 0 N–H and O–H groups in total. The van der Waals surface area contributed by atoms with E-state index in [-0.39, 0.29) is 0 Å². The lowest BCUT2D eigenvalue weighted by Gasteiger charge is -2.35. The summed E-state index contributed by atoms with van der Waals surface area (Å²) in [5, 5.41) is 7.01. The fourth-order valence-corrected chi connectivity index (χ4v) is 10.9. The second-order valence-electron chi connectivity index (χ2n) is 17.2. The van der Waals surface area contributed by atoms with Crippen LogP contribution in [0.2, 0.25) is 0 Å². The maximum atomic E-state index is 7.05. The fraction of sp³-hybridized carbons (Fsp3) is 0.0159. The summed E-state index contributed by atoms with van der Waals surface area (Å²) in [4.78, 5) is 2.41. The van der Waals surface area contributed by atoms with E-state index in [0.29, 0.717) is 0 Å². The monoisotopic (exact) mass is 827 g/mol. The van der Waals surface area contributed by atoms with Gasteiger partial charge in [0.2, 0.25) is 0 Å². The molecule has 1 heterocycles. The van der Waals surface area contributed by atoms with Gasteiger partial charge in [0.05, 0.1) is 5.41 Å². The van der Waals surface area contributed by atoms with Crippen molar-refractivity contribution in [2.24, 2.45) is 0 Å². The Balaban J connectivity index is 1.01. The van der Waals surface area contributed by atoms with Gasteiger partial charge in [-0.3, -0.25) is 0 Å². The van der Waals surface area contributed by atoms with Gasteiger partial charge >= 0.3 is 0 Å². The molecule has 0 aliphatic heterocycles. The Morgan fingerprint density at radius 1 is 0.323 bits per heavy atom. The average Bonchev–Trinajstić information content (AvgIpc) is 3.59. The number of benzene rings is 11. The lowest BCUT2D eigenvalue weighted by Crippen LogP contribution is -2.28. The lowest BCUT2D eigenvalue weighted by atomic mass is 9.67. The summed E-state index contributed by atoms with van der Waals surface area (Å²) < 4.78 is 7.05. The maximum absolute atomic E-state index is 7.05. The second-order valence-corrected chi connectivity index (χ2v) is 17.2. The molecule has 0 saturated carbocycles. The lowest BCUT2D eigenvalue weighted by molar-refractivity contribution is 0.665. The van der Waals surface area contributed by atoms with Crippen LogP contribution in [-0.2, 0) is 5.41 Å². The van der Waals surface area contributed by atoms with Gasteiger partial charge in [0.1, 0.15) is 11.2 Å². The number of hydrogen-bond acceptors (Lipinski definition) is 2. The van der Waals surface area contributed by atoms with E-state index in [0.717, 1.165) is 55.5 Å². The molecule has 1 aliphatic rings. The first kappa shape index (κ1) is 37.1. The van der Waals surface area contributed by atoms with E-state index >= 15 is 0 Å². The smallest absolute Gasteiger partial charge is 0.143 e. The van der Waals surface area contributed by atoms with Crippen molar-refractivity contribution < 1.29 is 4.42 Å². The molecule has 1 aromatic heterocycles. The van der Waals surface area contributed by atoms with E-state index in [4.69, 9.17) is 4.42 Å².